The van der Waals surface area contributed by atoms with Gasteiger partial charge in [0.05, 0.1) is 18.6 Å². The predicted octanol–water partition coefficient (Wildman–Crippen LogP) is 2.77. The van der Waals surface area contributed by atoms with Crippen LogP contribution in [0.15, 0.2) is 53.5 Å². The molecule has 27 heavy (non-hydrogen) atoms. The fraction of sp³-hybridized carbons (Fsp3) is 0.316. The Labute approximate surface area is 158 Å². The van der Waals surface area contributed by atoms with Crippen LogP contribution in [0.5, 0.6) is 5.75 Å². The van der Waals surface area contributed by atoms with Crippen LogP contribution in [0, 0.1) is 10.1 Å². The van der Waals surface area contributed by atoms with Gasteiger partial charge in [0.25, 0.3) is 5.69 Å². The van der Waals surface area contributed by atoms with Gasteiger partial charge in [-0.3, -0.25) is 10.1 Å². The summed E-state index contributed by atoms with van der Waals surface area (Å²) in [4.78, 5) is 14.8. The van der Waals surface area contributed by atoms with Crippen LogP contribution in [0.3, 0.4) is 0 Å². The van der Waals surface area contributed by atoms with Crippen molar-refractivity contribution in [3.05, 3.63) is 64.2 Å². The average Bonchev–Trinajstić information content (AvgIpc) is 2.70. The second kappa shape index (κ2) is 10.6. The first-order chi connectivity index (χ1) is 13.1. The number of anilines is 1. The second-order valence-electron chi connectivity index (χ2n) is 5.70. The lowest BCUT2D eigenvalue weighted by atomic mass is 10.2. The Bertz CT molecular complexity index is 745. The summed E-state index contributed by atoms with van der Waals surface area (Å²) in [7, 11) is 1.64. The highest BCUT2D eigenvalue weighted by molar-refractivity contribution is 5.79. The first-order valence-corrected chi connectivity index (χ1v) is 8.76. The van der Waals surface area contributed by atoms with Crippen molar-refractivity contribution in [1.29, 1.82) is 0 Å². The normalized spacial score (nSPS) is 11.0. The van der Waals surface area contributed by atoms with E-state index in [0.717, 1.165) is 29.5 Å². The van der Waals surface area contributed by atoms with E-state index in [1.807, 2.05) is 31.2 Å². The first-order valence-electron chi connectivity index (χ1n) is 8.76. The molecule has 0 atom stereocenters. The Kier molecular flexibility index (Phi) is 7.90. The zero-order valence-electron chi connectivity index (χ0n) is 15.6. The van der Waals surface area contributed by atoms with Gasteiger partial charge < -0.3 is 20.7 Å². The average molecular weight is 371 g/mol. The number of nitrogens with zero attached hydrogens (tertiary/aromatic N) is 2. The molecule has 2 aromatic carbocycles. The lowest BCUT2D eigenvalue weighted by Crippen LogP contribution is -2.39. The molecule has 0 aromatic heterocycles. The zero-order chi connectivity index (χ0) is 19.5. The molecule has 0 aliphatic heterocycles. The number of rotatable bonds is 9. The largest absolute Gasteiger partial charge is 0.497 e. The Morgan fingerprint density at radius 2 is 1.78 bits per heavy atom. The van der Waals surface area contributed by atoms with E-state index in [-0.39, 0.29) is 5.69 Å². The highest BCUT2D eigenvalue weighted by atomic mass is 16.6. The van der Waals surface area contributed by atoms with E-state index in [9.17, 15) is 10.1 Å². The van der Waals surface area contributed by atoms with E-state index in [0.29, 0.717) is 19.6 Å². The maximum atomic E-state index is 10.7. The van der Waals surface area contributed by atoms with E-state index in [4.69, 9.17) is 4.74 Å². The van der Waals surface area contributed by atoms with E-state index in [2.05, 4.69) is 20.9 Å². The maximum Gasteiger partial charge on any atom is 0.269 e. The number of hydrogen-bond donors (Lipinski definition) is 3. The summed E-state index contributed by atoms with van der Waals surface area (Å²) in [5, 5.41) is 20.3. The number of nitro benzene ring substituents is 1. The van der Waals surface area contributed by atoms with Crippen LogP contribution >= 0.6 is 0 Å². The highest BCUT2D eigenvalue weighted by Crippen LogP contribution is 2.15. The third-order valence-electron chi connectivity index (χ3n) is 3.75. The molecule has 0 fully saturated rings. The summed E-state index contributed by atoms with van der Waals surface area (Å²) in [5.41, 5.74) is 2.01. The highest BCUT2D eigenvalue weighted by Gasteiger charge is 2.03. The van der Waals surface area contributed by atoms with Crippen molar-refractivity contribution in [2.45, 2.75) is 13.5 Å². The molecule has 0 heterocycles. The molecule has 144 valence electrons. The molecule has 0 radical (unpaired) electrons. The molecule has 0 saturated carbocycles. The molecular weight excluding hydrogens is 346 g/mol. The topological polar surface area (TPSA) is 101 Å². The van der Waals surface area contributed by atoms with Crippen LogP contribution < -0.4 is 20.7 Å². The molecule has 2 aromatic rings. The van der Waals surface area contributed by atoms with Crippen LogP contribution in [-0.2, 0) is 6.54 Å². The monoisotopic (exact) mass is 371 g/mol. The third kappa shape index (κ3) is 6.85. The predicted molar refractivity (Wildman–Crippen MR) is 107 cm³/mol. The summed E-state index contributed by atoms with van der Waals surface area (Å²) in [5.74, 6) is 1.56. The summed E-state index contributed by atoms with van der Waals surface area (Å²) >= 11 is 0. The van der Waals surface area contributed by atoms with Crippen molar-refractivity contribution in [2.24, 2.45) is 4.99 Å². The Morgan fingerprint density at radius 1 is 1.07 bits per heavy atom. The van der Waals surface area contributed by atoms with Crippen molar-refractivity contribution in [3.8, 4) is 5.75 Å². The molecule has 3 N–H and O–H groups in total. The van der Waals surface area contributed by atoms with Gasteiger partial charge in [-0.15, -0.1) is 0 Å². The maximum absolute atomic E-state index is 10.7. The van der Waals surface area contributed by atoms with Gasteiger partial charge in [-0.05, 0) is 36.8 Å². The number of hydrogen-bond acceptors (Lipinski definition) is 5. The fourth-order valence-corrected chi connectivity index (χ4v) is 2.33. The van der Waals surface area contributed by atoms with E-state index < -0.39 is 4.92 Å². The number of non-ortho nitro benzene ring substituents is 1. The van der Waals surface area contributed by atoms with Gasteiger partial charge in [-0.2, -0.15) is 0 Å². The van der Waals surface area contributed by atoms with Crippen molar-refractivity contribution >= 4 is 17.3 Å². The van der Waals surface area contributed by atoms with Crippen molar-refractivity contribution < 1.29 is 9.66 Å². The summed E-state index contributed by atoms with van der Waals surface area (Å²) in [6.07, 6.45) is 0. The zero-order valence-corrected chi connectivity index (χ0v) is 15.6. The molecule has 0 unspecified atom stereocenters. The molecule has 8 heteroatoms. The van der Waals surface area contributed by atoms with Gasteiger partial charge >= 0.3 is 0 Å². The number of ether oxygens (including phenoxy) is 1. The standard InChI is InChI=1S/C19H25N5O3/c1-3-20-19(23-14-15-4-10-18(27-2)11-5-15)22-13-12-21-16-6-8-17(9-7-16)24(25)26/h4-11,21H,3,12-14H2,1-2H3,(H2,20,22,23). The van der Waals surface area contributed by atoms with Crippen molar-refractivity contribution in [2.75, 3.05) is 32.1 Å². The lowest BCUT2D eigenvalue weighted by molar-refractivity contribution is -0.384. The molecule has 0 spiro atoms. The summed E-state index contributed by atoms with van der Waals surface area (Å²) < 4.78 is 5.15. The summed E-state index contributed by atoms with van der Waals surface area (Å²) in [6, 6.07) is 14.2. The Hall–Kier alpha value is -3.29. The minimum atomic E-state index is -0.409. The van der Waals surface area contributed by atoms with Crippen LogP contribution in [0.4, 0.5) is 11.4 Å². The van der Waals surface area contributed by atoms with Crippen LogP contribution in [0.1, 0.15) is 12.5 Å². The number of benzene rings is 2. The molecule has 0 aliphatic carbocycles. The Morgan fingerprint density at radius 3 is 2.37 bits per heavy atom. The minimum absolute atomic E-state index is 0.0822. The van der Waals surface area contributed by atoms with E-state index in [1.54, 1.807) is 19.2 Å². The van der Waals surface area contributed by atoms with Gasteiger partial charge in [0.2, 0.25) is 0 Å². The Balaban J connectivity index is 1.79. The van der Waals surface area contributed by atoms with Gasteiger partial charge in [0.15, 0.2) is 5.96 Å². The van der Waals surface area contributed by atoms with Crippen molar-refractivity contribution in [1.82, 2.24) is 10.6 Å². The number of nitro groups is 1. The van der Waals surface area contributed by atoms with Crippen LogP contribution in [0.2, 0.25) is 0 Å². The number of nitrogens with one attached hydrogen (secondary N) is 3. The van der Waals surface area contributed by atoms with Crippen molar-refractivity contribution in [3.63, 3.8) is 0 Å². The minimum Gasteiger partial charge on any atom is -0.497 e. The quantitative estimate of drug-likeness (QED) is 0.206. The molecule has 0 aliphatic rings. The second-order valence-corrected chi connectivity index (χ2v) is 5.70. The number of guanidine groups is 1. The molecule has 0 bridgehead atoms. The molecule has 8 nitrogen and oxygen atoms in total. The van der Waals surface area contributed by atoms with E-state index >= 15 is 0 Å². The van der Waals surface area contributed by atoms with Crippen LogP contribution in [0.25, 0.3) is 0 Å². The fourth-order valence-electron chi connectivity index (χ4n) is 2.33. The number of aliphatic imine (C=N–C) groups is 1. The SMILES string of the molecule is CCNC(=NCc1ccc(OC)cc1)NCCNc1ccc([N+](=O)[O-])cc1. The van der Waals surface area contributed by atoms with Gasteiger partial charge in [0, 0.05) is 37.5 Å². The van der Waals surface area contributed by atoms with Gasteiger partial charge in [0.1, 0.15) is 5.75 Å². The smallest absolute Gasteiger partial charge is 0.269 e. The van der Waals surface area contributed by atoms with Gasteiger partial charge in [-0.25, -0.2) is 4.99 Å². The van der Waals surface area contributed by atoms with E-state index in [1.165, 1.54) is 12.1 Å². The van der Waals surface area contributed by atoms with Gasteiger partial charge in [-0.1, -0.05) is 12.1 Å². The lowest BCUT2D eigenvalue weighted by Gasteiger charge is -2.12. The number of methoxy groups -OCH3 is 1. The van der Waals surface area contributed by atoms with Crippen LogP contribution in [-0.4, -0.2) is 37.6 Å². The molecule has 0 amide bonds. The first kappa shape index (κ1) is 20.0. The summed E-state index contributed by atoms with van der Waals surface area (Å²) in [6.45, 7) is 4.66. The molecule has 0 saturated heterocycles. The molecular formula is C19H25N5O3. The molecule has 2 rings (SSSR count). The third-order valence-corrected chi connectivity index (χ3v) is 3.75.